The smallest absolute Gasteiger partial charge is 0.128 e. The lowest BCUT2D eigenvalue weighted by atomic mass is 9.93. The van der Waals surface area contributed by atoms with Crippen LogP contribution in [0.3, 0.4) is 0 Å². The molecule has 1 rings (SSSR count). The van der Waals surface area contributed by atoms with E-state index in [-0.39, 0.29) is 12.1 Å². The third kappa shape index (κ3) is 4.48. The Hall–Kier alpha value is -1.13. The Morgan fingerprint density at radius 3 is 2.63 bits per heavy atom. The second-order valence-electron chi connectivity index (χ2n) is 5.07. The van der Waals surface area contributed by atoms with E-state index in [9.17, 15) is 0 Å². The van der Waals surface area contributed by atoms with Gasteiger partial charge in [-0.2, -0.15) is 0 Å². The number of rotatable bonds is 8. The summed E-state index contributed by atoms with van der Waals surface area (Å²) >= 11 is 0. The highest BCUT2D eigenvalue weighted by Crippen LogP contribution is 2.27. The first-order chi connectivity index (χ1) is 9.11. The minimum absolute atomic E-state index is 0.0913. The van der Waals surface area contributed by atoms with E-state index in [4.69, 9.17) is 10.5 Å². The van der Waals surface area contributed by atoms with Gasteiger partial charge < -0.3 is 15.8 Å². The van der Waals surface area contributed by atoms with Crippen LogP contribution >= 0.6 is 0 Å². The fourth-order valence-electron chi connectivity index (χ4n) is 2.26. The topological polar surface area (TPSA) is 60.2 Å². The summed E-state index contributed by atoms with van der Waals surface area (Å²) in [4.78, 5) is 4.19. The third-order valence-corrected chi connectivity index (χ3v) is 3.17. The van der Waals surface area contributed by atoms with Gasteiger partial charge in [0.05, 0.1) is 12.1 Å². The Kier molecular flexibility index (Phi) is 6.81. The molecule has 1 heterocycles. The SMILES string of the molecule is CCCNC(c1cccnc1N)C(OCC)C(C)C. The number of anilines is 1. The predicted octanol–water partition coefficient (Wildman–Crippen LogP) is 2.77. The van der Waals surface area contributed by atoms with Gasteiger partial charge in [0.15, 0.2) is 0 Å². The minimum Gasteiger partial charge on any atom is -0.383 e. The molecule has 0 saturated carbocycles. The fourth-order valence-corrected chi connectivity index (χ4v) is 2.26. The fraction of sp³-hybridized carbons (Fsp3) is 0.667. The summed E-state index contributed by atoms with van der Waals surface area (Å²) in [5.74, 6) is 0.996. The average Bonchev–Trinajstić information content (AvgIpc) is 2.39. The zero-order chi connectivity index (χ0) is 14.3. The van der Waals surface area contributed by atoms with E-state index in [2.05, 4.69) is 31.1 Å². The van der Waals surface area contributed by atoms with E-state index in [1.165, 1.54) is 0 Å². The second-order valence-corrected chi connectivity index (χ2v) is 5.07. The number of hydrogen-bond acceptors (Lipinski definition) is 4. The molecule has 0 bridgehead atoms. The molecule has 3 N–H and O–H groups in total. The number of ether oxygens (including phenoxy) is 1. The van der Waals surface area contributed by atoms with Gasteiger partial charge in [-0.25, -0.2) is 4.98 Å². The number of nitrogen functional groups attached to an aromatic ring is 1. The molecule has 2 atom stereocenters. The highest BCUT2D eigenvalue weighted by Gasteiger charge is 2.27. The van der Waals surface area contributed by atoms with Crippen LogP contribution in [0.4, 0.5) is 5.82 Å². The Labute approximate surface area is 116 Å². The minimum atomic E-state index is 0.0913. The van der Waals surface area contributed by atoms with Crippen molar-refractivity contribution in [2.75, 3.05) is 18.9 Å². The van der Waals surface area contributed by atoms with Crippen molar-refractivity contribution in [1.82, 2.24) is 10.3 Å². The van der Waals surface area contributed by atoms with Crippen LogP contribution in [0.1, 0.15) is 45.7 Å². The van der Waals surface area contributed by atoms with Gasteiger partial charge in [0, 0.05) is 18.4 Å². The van der Waals surface area contributed by atoms with Gasteiger partial charge in [0.25, 0.3) is 0 Å². The summed E-state index contributed by atoms with van der Waals surface area (Å²) < 4.78 is 5.93. The van der Waals surface area contributed by atoms with Gasteiger partial charge in [-0.15, -0.1) is 0 Å². The van der Waals surface area contributed by atoms with Crippen molar-refractivity contribution >= 4 is 5.82 Å². The maximum Gasteiger partial charge on any atom is 0.128 e. The zero-order valence-corrected chi connectivity index (χ0v) is 12.5. The van der Waals surface area contributed by atoms with Crippen molar-refractivity contribution in [3.05, 3.63) is 23.9 Å². The number of hydrogen-bond donors (Lipinski definition) is 2. The third-order valence-electron chi connectivity index (χ3n) is 3.17. The van der Waals surface area contributed by atoms with Gasteiger partial charge in [-0.1, -0.05) is 26.8 Å². The van der Waals surface area contributed by atoms with E-state index < -0.39 is 0 Å². The molecule has 108 valence electrons. The number of nitrogens with one attached hydrogen (secondary N) is 1. The van der Waals surface area contributed by atoms with Crippen LogP contribution in [0.15, 0.2) is 18.3 Å². The molecule has 0 saturated heterocycles. The van der Waals surface area contributed by atoms with Gasteiger partial charge >= 0.3 is 0 Å². The van der Waals surface area contributed by atoms with Gasteiger partial charge in [-0.3, -0.25) is 0 Å². The first kappa shape index (κ1) is 15.9. The Morgan fingerprint density at radius 2 is 2.11 bits per heavy atom. The molecule has 0 aromatic carbocycles. The van der Waals surface area contributed by atoms with Crippen LogP contribution in [0, 0.1) is 5.92 Å². The number of nitrogens with zero attached hydrogens (tertiary/aromatic N) is 1. The van der Waals surface area contributed by atoms with E-state index in [0.717, 1.165) is 18.5 Å². The summed E-state index contributed by atoms with van der Waals surface area (Å²) in [6, 6.07) is 4.05. The standard InChI is InChI=1S/C15H27N3O/c1-5-9-17-13(14(11(3)4)19-6-2)12-8-7-10-18-15(12)16/h7-8,10-11,13-14,17H,5-6,9H2,1-4H3,(H2,16,18). The molecule has 4 nitrogen and oxygen atoms in total. The number of pyridine rings is 1. The Balaban J connectivity index is 3.01. The van der Waals surface area contributed by atoms with Gasteiger partial charge in [0.2, 0.25) is 0 Å². The van der Waals surface area contributed by atoms with Crippen LogP contribution in [0.2, 0.25) is 0 Å². The van der Waals surface area contributed by atoms with Crippen molar-refractivity contribution in [2.45, 2.75) is 46.3 Å². The highest BCUT2D eigenvalue weighted by molar-refractivity contribution is 5.41. The maximum absolute atomic E-state index is 6.02. The second kappa shape index (κ2) is 8.12. The molecular weight excluding hydrogens is 238 g/mol. The van der Waals surface area contributed by atoms with E-state index in [1.807, 2.05) is 19.1 Å². The van der Waals surface area contributed by atoms with E-state index in [1.54, 1.807) is 6.20 Å². The predicted molar refractivity (Wildman–Crippen MR) is 79.9 cm³/mol. The van der Waals surface area contributed by atoms with Crippen molar-refractivity contribution in [2.24, 2.45) is 5.92 Å². The van der Waals surface area contributed by atoms with Crippen LogP contribution in [-0.2, 0) is 4.74 Å². The average molecular weight is 265 g/mol. The molecule has 0 aliphatic heterocycles. The largest absolute Gasteiger partial charge is 0.383 e. The van der Waals surface area contributed by atoms with Crippen LogP contribution in [0.5, 0.6) is 0 Å². The molecule has 0 aliphatic carbocycles. The van der Waals surface area contributed by atoms with Crippen LogP contribution < -0.4 is 11.1 Å². The van der Waals surface area contributed by atoms with Gasteiger partial charge in [0.1, 0.15) is 5.82 Å². The van der Waals surface area contributed by atoms with Gasteiger partial charge in [-0.05, 0) is 31.9 Å². The normalized spacial score (nSPS) is 14.6. The van der Waals surface area contributed by atoms with Crippen molar-refractivity contribution in [3.8, 4) is 0 Å². The summed E-state index contributed by atoms with van der Waals surface area (Å²) in [6.45, 7) is 10.2. The Morgan fingerprint density at radius 1 is 1.37 bits per heavy atom. The quantitative estimate of drug-likeness (QED) is 0.759. The molecule has 0 fully saturated rings. The lowest BCUT2D eigenvalue weighted by molar-refractivity contribution is 0.00294. The summed E-state index contributed by atoms with van der Waals surface area (Å²) in [5.41, 5.74) is 7.05. The van der Waals surface area contributed by atoms with Crippen LogP contribution in [-0.4, -0.2) is 24.2 Å². The molecular formula is C15H27N3O. The molecule has 4 heteroatoms. The molecule has 0 aliphatic rings. The highest BCUT2D eigenvalue weighted by atomic mass is 16.5. The molecule has 0 spiro atoms. The number of nitrogens with two attached hydrogens (primary N) is 1. The van der Waals surface area contributed by atoms with Crippen LogP contribution in [0.25, 0.3) is 0 Å². The van der Waals surface area contributed by atoms with E-state index >= 15 is 0 Å². The van der Waals surface area contributed by atoms with Crippen molar-refractivity contribution in [3.63, 3.8) is 0 Å². The molecule has 2 unspecified atom stereocenters. The molecule has 1 aromatic heterocycles. The zero-order valence-electron chi connectivity index (χ0n) is 12.5. The lowest BCUT2D eigenvalue weighted by Gasteiger charge is -2.31. The van der Waals surface area contributed by atoms with Crippen molar-refractivity contribution < 1.29 is 4.74 Å². The summed E-state index contributed by atoms with van der Waals surface area (Å²) in [6.07, 6.45) is 2.90. The summed E-state index contributed by atoms with van der Waals surface area (Å²) in [5, 5.41) is 3.55. The van der Waals surface area contributed by atoms with Crippen molar-refractivity contribution in [1.29, 1.82) is 0 Å². The molecule has 1 aromatic rings. The monoisotopic (exact) mass is 265 g/mol. The molecule has 19 heavy (non-hydrogen) atoms. The first-order valence-corrected chi connectivity index (χ1v) is 7.17. The molecule has 0 amide bonds. The summed E-state index contributed by atoms with van der Waals surface area (Å²) in [7, 11) is 0. The lowest BCUT2D eigenvalue weighted by Crippen LogP contribution is -2.38. The maximum atomic E-state index is 6.02. The molecule has 0 radical (unpaired) electrons. The Bertz CT molecular complexity index is 368. The number of aromatic nitrogens is 1. The van der Waals surface area contributed by atoms with E-state index in [0.29, 0.717) is 18.3 Å². The first-order valence-electron chi connectivity index (χ1n) is 7.17.